The molecule has 13 heavy (non-hydrogen) atoms. The third-order valence-corrected chi connectivity index (χ3v) is 2.55. The maximum absolute atomic E-state index is 5.37. The average Bonchev–Trinajstić information content (AvgIpc) is 2.49. The third kappa shape index (κ3) is 3.21. The first-order valence-corrected chi connectivity index (χ1v) is 6.22. The Morgan fingerprint density at radius 1 is 1.69 bits per heavy atom. The van der Waals surface area contributed by atoms with Gasteiger partial charge in [0, 0.05) is 6.20 Å². The van der Waals surface area contributed by atoms with Crippen molar-refractivity contribution >= 4 is 38.5 Å². The van der Waals surface area contributed by atoms with Crippen LogP contribution in [0.4, 0.5) is 0 Å². The Morgan fingerprint density at radius 3 is 2.85 bits per heavy atom. The molecule has 0 aliphatic rings. The Bertz CT molecular complexity index is 275. The summed E-state index contributed by atoms with van der Waals surface area (Å²) in [7, 11) is 0. The molecule has 0 aliphatic carbocycles. The van der Waals surface area contributed by atoms with Gasteiger partial charge in [0.1, 0.15) is 0 Å². The van der Waals surface area contributed by atoms with Gasteiger partial charge in [0.05, 0.1) is 27.4 Å². The lowest BCUT2D eigenvalue weighted by molar-refractivity contribution is 0.0965. The van der Waals surface area contributed by atoms with Crippen LogP contribution < -0.4 is 0 Å². The molecule has 1 aromatic rings. The molecule has 0 bridgehead atoms. The molecule has 0 spiro atoms. The van der Waals surface area contributed by atoms with E-state index in [1.165, 1.54) is 0 Å². The molecule has 1 heterocycles. The van der Waals surface area contributed by atoms with Crippen LogP contribution in [0.1, 0.15) is 13.8 Å². The zero-order valence-electron chi connectivity index (χ0n) is 7.63. The molecule has 74 valence electrons. The highest BCUT2D eigenvalue weighted by molar-refractivity contribution is 14.1. The van der Waals surface area contributed by atoms with Gasteiger partial charge < -0.3 is 4.74 Å². The van der Waals surface area contributed by atoms with Crippen LogP contribution in [0.25, 0.3) is 0 Å². The van der Waals surface area contributed by atoms with E-state index in [1.54, 1.807) is 6.20 Å². The average molecular weight is 359 g/mol. The first kappa shape index (κ1) is 11.5. The van der Waals surface area contributed by atoms with Gasteiger partial charge in [-0.15, -0.1) is 0 Å². The number of alkyl halides is 1. The van der Waals surface area contributed by atoms with E-state index in [0.717, 1.165) is 4.47 Å². The van der Waals surface area contributed by atoms with Crippen molar-refractivity contribution in [3.05, 3.63) is 16.9 Å². The lowest BCUT2D eigenvalue weighted by Crippen LogP contribution is -2.32. The highest BCUT2D eigenvalue weighted by Gasteiger charge is 2.20. The van der Waals surface area contributed by atoms with Crippen LogP contribution in [0.15, 0.2) is 16.9 Å². The molecule has 0 N–H and O–H groups in total. The fourth-order valence-electron chi connectivity index (χ4n) is 0.986. The standard InChI is InChI=1S/C8H12BrIN2O/c1-8(2,5-13-6-10)12-4-7(9)3-11-12/h3-4H,5-6H2,1-2H3. The molecule has 0 fully saturated rings. The molecular weight excluding hydrogens is 347 g/mol. The Balaban J connectivity index is 2.68. The molecular formula is C8H12BrIN2O. The van der Waals surface area contributed by atoms with Crippen LogP contribution in [0, 0.1) is 0 Å². The zero-order chi connectivity index (χ0) is 9.90. The summed E-state index contributed by atoms with van der Waals surface area (Å²) >= 11 is 5.56. The minimum absolute atomic E-state index is 0.0861. The van der Waals surface area contributed by atoms with Gasteiger partial charge in [0.2, 0.25) is 0 Å². The highest BCUT2D eigenvalue weighted by Crippen LogP contribution is 2.17. The molecule has 0 aliphatic heterocycles. The van der Waals surface area contributed by atoms with Crippen LogP contribution in [0.5, 0.6) is 0 Å². The van der Waals surface area contributed by atoms with Crippen LogP contribution in [-0.2, 0) is 10.3 Å². The van der Waals surface area contributed by atoms with Crippen LogP contribution >= 0.6 is 38.5 Å². The molecule has 0 atom stereocenters. The predicted octanol–water partition coefficient (Wildman–Crippen LogP) is 2.79. The molecule has 0 unspecified atom stereocenters. The maximum atomic E-state index is 5.37. The molecule has 0 amide bonds. The summed E-state index contributed by atoms with van der Waals surface area (Å²) < 4.78 is 8.99. The van der Waals surface area contributed by atoms with Crippen LogP contribution in [0.3, 0.4) is 0 Å². The van der Waals surface area contributed by atoms with E-state index in [1.807, 2.05) is 10.9 Å². The lowest BCUT2D eigenvalue weighted by atomic mass is 10.1. The van der Waals surface area contributed by atoms with Gasteiger partial charge >= 0.3 is 0 Å². The molecule has 5 heteroatoms. The van der Waals surface area contributed by atoms with Crippen molar-refractivity contribution < 1.29 is 4.74 Å². The number of ether oxygens (including phenoxy) is 1. The second-order valence-electron chi connectivity index (χ2n) is 3.37. The van der Waals surface area contributed by atoms with Crippen LogP contribution in [-0.4, -0.2) is 21.0 Å². The minimum Gasteiger partial charge on any atom is -0.369 e. The van der Waals surface area contributed by atoms with Gasteiger partial charge in [-0.3, -0.25) is 4.68 Å². The Kier molecular flexibility index (Phi) is 4.18. The minimum atomic E-state index is -0.0861. The van der Waals surface area contributed by atoms with Crippen molar-refractivity contribution in [1.82, 2.24) is 9.78 Å². The Morgan fingerprint density at radius 2 is 2.38 bits per heavy atom. The van der Waals surface area contributed by atoms with E-state index in [2.05, 4.69) is 57.5 Å². The van der Waals surface area contributed by atoms with Gasteiger partial charge in [-0.25, -0.2) is 0 Å². The van der Waals surface area contributed by atoms with Gasteiger partial charge in [-0.05, 0) is 29.8 Å². The van der Waals surface area contributed by atoms with Crippen LogP contribution in [0.2, 0.25) is 0 Å². The summed E-state index contributed by atoms with van der Waals surface area (Å²) in [5, 5.41) is 4.23. The first-order chi connectivity index (χ1) is 6.06. The summed E-state index contributed by atoms with van der Waals surface area (Å²) in [4.78, 5) is 0. The van der Waals surface area contributed by atoms with Crippen molar-refractivity contribution in [3.8, 4) is 0 Å². The topological polar surface area (TPSA) is 27.1 Å². The number of nitrogens with zero attached hydrogens (tertiary/aromatic N) is 2. The molecule has 1 aromatic heterocycles. The molecule has 3 nitrogen and oxygen atoms in total. The van der Waals surface area contributed by atoms with Crippen molar-refractivity contribution in [2.75, 3.05) is 11.2 Å². The summed E-state index contributed by atoms with van der Waals surface area (Å²) in [5.74, 6) is 0. The van der Waals surface area contributed by atoms with E-state index >= 15 is 0 Å². The summed E-state index contributed by atoms with van der Waals surface area (Å²) in [6.07, 6.45) is 3.74. The number of hydrogen-bond acceptors (Lipinski definition) is 2. The van der Waals surface area contributed by atoms with E-state index in [9.17, 15) is 0 Å². The number of hydrogen-bond donors (Lipinski definition) is 0. The predicted molar refractivity (Wildman–Crippen MR) is 64.1 cm³/mol. The van der Waals surface area contributed by atoms with Crippen molar-refractivity contribution in [2.24, 2.45) is 0 Å². The quantitative estimate of drug-likeness (QED) is 0.611. The van der Waals surface area contributed by atoms with E-state index < -0.39 is 0 Å². The molecule has 0 saturated carbocycles. The second-order valence-corrected chi connectivity index (χ2v) is 4.91. The molecule has 0 radical (unpaired) electrons. The Labute approximate surface area is 100 Å². The SMILES string of the molecule is CC(C)(COCI)n1cc(Br)cn1. The number of aromatic nitrogens is 2. The van der Waals surface area contributed by atoms with Gasteiger partial charge in [0.25, 0.3) is 0 Å². The van der Waals surface area contributed by atoms with Gasteiger partial charge in [-0.2, -0.15) is 5.10 Å². The van der Waals surface area contributed by atoms with E-state index in [-0.39, 0.29) is 5.54 Å². The summed E-state index contributed by atoms with van der Waals surface area (Å²) in [5.41, 5.74) is -0.0861. The largest absolute Gasteiger partial charge is 0.369 e. The smallest absolute Gasteiger partial charge is 0.0980 e. The molecule has 1 rings (SSSR count). The van der Waals surface area contributed by atoms with Crippen molar-refractivity contribution in [2.45, 2.75) is 19.4 Å². The maximum Gasteiger partial charge on any atom is 0.0980 e. The van der Waals surface area contributed by atoms with Crippen molar-refractivity contribution in [3.63, 3.8) is 0 Å². The first-order valence-electron chi connectivity index (χ1n) is 3.90. The van der Waals surface area contributed by atoms with E-state index in [4.69, 9.17) is 4.74 Å². The molecule has 0 saturated heterocycles. The number of rotatable bonds is 4. The van der Waals surface area contributed by atoms with Gasteiger partial charge in [-0.1, -0.05) is 22.6 Å². The van der Waals surface area contributed by atoms with Gasteiger partial charge in [0.15, 0.2) is 0 Å². The fraction of sp³-hybridized carbons (Fsp3) is 0.625. The highest BCUT2D eigenvalue weighted by atomic mass is 127. The zero-order valence-corrected chi connectivity index (χ0v) is 11.4. The lowest BCUT2D eigenvalue weighted by Gasteiger charge is -2.24. The van der Waals surface area contributed by atoms with E-state index in [0.29, 0.717) is 11.2 Å². The Hall–Kier alpha value is 0.380. The van der Waals surface area contributed by atoms with Crippen molar-refractivity contribution in [1.29, 1.82) is 0 Å². The second kappa shape index (κ2) is 4.75. The summed E-state index contributed by atoms with van der Waals surface area (Å²) in [6, 6.07) is 0. The molecule has 0 aromatic carbocycles. The summed E-state index contributed by atoms with van der Waals surface area (Å²) in [6.45, 7) is 4.86. The normalized spacial score (nSPS) is 12.0. The fourth-order valence-corrected chi connectivity index (χ4v) is 1.49. The third-order valence-electron chi connectivity index (χ3n) is 1.70. The monoisotopic (exact) mass is 358 g/mol. The number of halogens is 2.